The van der Waals surface area contributed by atoms with Crippen molar-refractivity contribution in [3.8, 4) is 0 Å². The van der Waals surface area contributed by atoms with E-state index in [1.807, 2.05) is 0 Å². The smallest absolute Gasteiger partial charge is 0.0877 e. The van der Waals surface area contributed by atoms with Crippen LogP contribution in [0.25, 0.3) is 0 Å². The molecule has 0 saturated heterocycles. The van der Waals surface area contributed by atoms with Gasteiger partial charge in [-0.1, -0.05) is 10.3 Å². The maximum absolute atomic E-state index is 7.56. The predicted octanol–water partition coefficient (Wildman–Crippen LogP) is 0.328. The molecule has 0 heterocycles. The molecule has 0 atom stereocenters. The first-order chi connectivity index (χ1) is 2.91. The van der Waals surface area contributed by atoms with Gasteiger partial charge in [0, 0.05) is 0 Å². The third-order valence-corrected chi connectivity index (χ3v) is 0.200. The van der Waals surface area contributed by atoms with Crippen LogP contribution >= 0.6 is 12.4 Å². The van der Waals surface area contributed by atoms with Gasteiger partial charge in [0.15, 0.2) is 0 Å². The lowest BCUT2D eigenvalue weighted by atomic mass is 10.8. The van der Waals surface area contributed by atoms with E-state index in [0.29, 0.717) is 0 Å². The quantitative estimate of drug-likeness (QED) is 0.301. The average Bonchev–Trinajstić information content (AvgIpc) is 1.61. The Kier molecular flexibility index (Phi) is 12.2. The van der Waals surface area contributed by atoms with Gasteiger partial charge in [0.2, 0.25) is 0 Å². The molecule has 0 spiro atoms. The zero-order valence-electron chi connectivity index (χ0n) is 3.35. The molecule has 0 rings (SSSR count). The van der Waals surface area contributed by atoms with E-state index in [1.165, 1.54) is 0 Å². The maximum atomic E-state index is 7.56. The van der Waals surface area contributed by atoms with Gasteiger partial charge in [-0.15, -0.1) is 12.4 Å². The number of oxime groups is 2. The summed E-state index contributed by atoms with van der Waals surface area (Å²) >= 11 is 0. The summed E-state index contributed by atoms with van der Waals surface area (Å²) in [6.45, 7) is 0. The second-order valence-corrected chi connectivity index (χ2v) is 0.529. The molecule has 0 aromatic carbocycles. The number of rotatable bonds is 1. The van der Waals surface area contributed by atoms with E-state index >= 15 is 0 Å². The third kappa shape index (κ3) is 11.0. The summed E-state index contributed by atoms with van der Waals surface area (Å²) in [6.07, 6.45) is 1.89. The van der Waals surface area contributed by atoms with Gasteiger partial charge >= 0.3 is 0 Å². The first-order valence-corrected chi connectivity index (χ1v) is 1.25. The predicted molar refractivity (Wildman–Crippen MR) is 27.8 cm³/mol. The van der Waals surface area contributed by atoms with Gasteiger partial charge in [-0.2, -0.15) is 0 Å². The second kappa shape index (κ2) is 8.97. The van der Waals surface area contributed by atoms with Crippen molar-refractivity contribution in [3.05, 3.63) is 0 Å². The summed E-state index contributed by atoms with van der Waals surface area (Å²) in [6, 6.07) is 0. The van der Waals surface area contributed by atoms with Crippen LogP contribution in [-0.2, 0) is 0 Å². The Morgan fingerprint density at radius 2 is 1.29 bits per heavy atom. The number of halogens is 1. The lowest BCUT2D eigenvalue weighted by Crippen LogP contribution is -1.70. The largest absolute Gasteiger partial charge is 0.411 e. The number of hydrogen-bond donors (Lipinski definition) is 2. The van der Waals surface area contributed by atoms with Crippen LogP contribution < -0.4 is 0 Å². The number of hydrogen-bond acceptors (Lipinski definition) is 4. The van der Waals surface area contributed by atoms with Crippen LogP contribution in [0, 0.1) is 0 Å². The van der Waals surface area contributed by atoms with E-state index in [2.05, 4.69) is 10.3 Å². The summed E-state index contributed by atoms with van der Waals surface area (Å²) in [5.74, 6) is 0. The zero-order chi connectivity index (χ0) is 4.83. The molecule has 0 unspecified atom stereocenters. The molecule has 42 valence electrons. The molecule has 0 saturated carbocycles. The topological polar surface area (TPSA) is 65.2 Å². The highest BCUT2D eigenvalue weighted by Crippen LogP contribution is 1.45. The Morgan fingerprint density at radius 1 is 1.00 bits per heavy atom. The molecule has 5 heteroatoms. The van der Waals surface area contributed by atoms with Gasteiger partial charge in [-0.3, -0.25) is 0 Å². The van der Waals surface area contributed by atoms with E-state index in [1.54, 1.807) is 0 Å². The maximum Gasteiger partial charge on any atom is 0.0877 e. The Morgan fingerprint density at radius 3 is 1.43 bits per heavy atom. The van der Waals surface area contributed by atoms with Crippen molar-refractivity contribution >= 4 is 24.8 Å². The lowest BCUT2D eigenvalue weighted by molar-refractivity contribution is 0.317. The normalized spacial score (nSPS) is 9.71. The Balaban J connectivity index is 0. The van der Waals surface area contributed by atoms with Crippen LogP contribution in [0.1, 0.15) is 0 Å². The lowest BCUT2D eigenvalue weighted by Gasteiger charge is -1.62. The standard InChI is InChI=1S/C2H4N2O2.ClH/c5-3-1-2-4-6;/h1-2,5-6H;1H. The van der Waals surface area contributed by atoms with Gasteiger partial charge in [0.25, 0.3) is 0 Å². The molecule has 0 fully saturated rings. The fourth-order valence-corrected chi connectivity index (χ4v) is 0.0596. The van der Waals surface area contributed by atoms with Crippen molar-refractivity contribution in [2.45, 2.75) is 0 Å². The van der Waals surface area contributed by atoms with Crippen LogP contribution in [0.15, 0.2) is 10.3 Å². The van der Waals surface area contributed by atoms with Crippen molar-refractivity contribution in [1.82, 2.24) is 0 Å². The van der Waals surface area contributed by atoms with Crippen LogP contribution in [-0.4, -0.2) is 22.8 Å². The van der Waals surface area contributed by atoms with Gasteiger partial charge < -0.3 is 10.4 Å². The Bertz CT molecular complexity index is 62.1. The van der Waals surface area contributed by atoms with Crippen molar-refractivity contribution in [2.75, 3.05) is 0 Å². The molecule has 2 N–H and O–H groups in total. The summed E-state index contributed by atoms with van der Waals surface area (Å²) < 4.78 is 0. The molecule has 0 bridgehead atoms. The molecular weight excluding hydrogens is 119 g/mol. The van der Waals surface area contributed by atoms with E-state index in [9.17, 15) is 0 Å². The van der Waals surface area contributed by atoms with Crippen molar-refractivity contribution in [1.29, 1.82) is 0 Å². The molecule has 0 aliphatic heterocycles. The zero-order valence-corrected chi connectivity index (χ0v) is 4.17. The molecule has 0 aliphatic carbocycles. The molecule has 0 aromatic rings. The van der Waals surface area contributed by atoms with Gasteiger partial charge in [0.05, 0.1) is 12.4 Å². The van der Waals surface area contributed by atoms with Crippen molar-refractivity contribution in [3.63, 3.8) is 0 Å². The van der Waals surface area contributed by atoms with E-state index in [-0.39, 0.29) is 12.4 Å². The van der Waals surface area contributed by atoms with Gasteiger partial charge in [0.1, 0.15) is 0 Å². The van der Waals surface area contributed by atoms with Crippen LogP contribution in [0.2, 0.25) is 0 Å². The van der Waals surface area contributed by atoms with Crippen LogP contribution in [0.4, 0.5) is 0 Å². The molecule has 7 heavy (non-hydrogen) atoms. The summed E-state index contributed by atoms with van der Waals surface area (Å²) in [7, 11) is 0. The SMILES string of the molecule is Cl.ON=CC=NO. The molecule has 0 aromatic heterocycles. The first-order valence-electron chi connectivity index (χ1n) is 1.25. The molecule has 4 nitrogen and oxygen atoms in total. The van der Waals surface area contributed by atoms with Crippen LogP contribution in [0.3, 0.4) is 0 Å². The molecule has 0 radical (unpaired) electrons. The van der Waals surface area contributed by atoms with E-state index < -0.39 is 0 Å². The first kappa shape index (κ1) is 9.52. The minimum atomic E-state index is 0. The second-order valence-electron chi connectivity index (χ2n) is 0.529. The summed E-state index contributed by atoms with van der Waals surface area (Å²) in [5.41, 5.74) is 0. The highest BCUT2D eigenvalue weighted by atomic mass is 35.5. The molecule has 0 aliphatic rings. The third-order valence-electron chi connectivity index (χ3n) is 0.200. The fraction of sp³-hybridized carbons (Fsp3) is 0. The monoisotopic (exact) mass is 124 g/mol. The summed E-state index contributed by atoms with van der Waals surface area (Å²) in [5, 5.41) is 20.1. The van der Waals surface area contributed by atoms with E-state index in [4.69, 9.17) is 10.4 Å². The van der Waals surface area contributed by atoms with E-state index in [0.717, 1.165) is 12.4 Å². The minimum absolute atomic E-state index is 0. The highest BCUT2D eigenvalue weighted by molar-refractivity contribution is 6.15. The van der Waals surface area contributed by atoms with Crippen molar-refractivity contribution < 1.29 is 10.4 Å². The highest BCUT2D eigenvalue weighted by Gasteiger charge is 1.54. The Hall–Kier alpha value is -0.770. The van der Waals surface area contributed by atoms with Gasteiger partial charge in [-0.25, -0.2) is 0 Å². The fourth-order valence-electron chi connectivity index (χ4n) is 0.0596. The summed E-state index contributed by atoms with van der Waals surface area (Å²) in [4.78, 5) is 0. The number of nitrogens with zero attached hydrogens (tertiary/aromatic N) is 2. The van der Waals surface area contributed by atoms with Gasteiger partial charge in [-0.05, 0) is 0 Å². The van der Waals surface area contributed by atoms with Crippen LogP contribution in [0.5, 0.6) is 0 Å². The molecular formula is C2H5ClN2O2. The Labute approximate surface area is 46.5 Å². The van der Waals surface area contributed by atoms with Crippen molar-refractivity contribution in [2.24, 2.45) is 10.3 Å². The molecule has 0 amide bonds. The average molecular weight is 125 g/mol. The minimum Gasteiger partial charge on any atom is -0.411 e.